The Labute approximate surface area is 93.9 Å². The maximum absolute atomic E-state index is 10.8. The van der Waals surface area contributed by atoms with Crippen LogP contribution in [0.4, 0.5) is 0 Å². The topological polar surface area (TPSA) is 63.2 Å². The number of hydrogen-bond donors (Lipinski definition) is 0. The van der Waals surface area contributed by atoms with Crippen LogP contribution in [0.1, 0.15) is 11.3 Å². The van der Waals surface area contributed by atoms with E-state index in [4.69, 9.17) is 4.52 Å². The van der Waals surface area contributed by atoms with Gasteiger partial charge in [0.25, 0.3) is 0 Å². The molecule has 5 heteroatoms. The third kappa shape index (κ3) is 1.69. The van der Waals surface area contributed by atoms with Crippen molar-refractivity contribution in [1.29, 1.82) is 0 Å². The Hall–Kier alpha value is 0.230. The monoisotopic (exact) mass is 178 g/mol. The van der Waals surface area contributed by atoms with Crippen molar-refractivity contribution in [3.8, 4) is 5.88 Å². The maximum Gasteiger partial charge on any atom is 2.00 e. The molecule has 0 atom stereocenters. The van der Waals surface area contributed by atoms with Gasteiger partial charge in [-0.15, -0.1) is 6.54 Å². The van der Waals surface area contributed by atoms with E-state index in [1.54, 1.807) is 0 Å². The van der Waals surface area contributed by atoms with Crippen LogP contribution in [0.2, 0.25) is 0 Å². The SMILES string of the molecule is [Ca+2].[O-]c1noc2c1CC[N-]C2. The Bertz CT molecular complexity index is 249. The van der Waals surface area contributed by atoms with Gasteiger partial charge in [0.2, 0.25) is 0 Å². The van der Waals surface area contributed by atoms with Gasteiger partial charge < -0.3 is 14.9 Å². The average molecular weight is 178 g/mol. The van der Waals surface area contributed by atoms with Gasteiger partial charge in [0.05, 0.1) is 0 Å². The van der Waals surface area contributed by atoms with Crippen molar-refractivity contribution >= 4 is 37.7 Å². The van der Waals surface area contributed by atoms with Gasteiger partial charge in [-0.05, 0) is 6.42 Å². The molecule has 2 rings (SSSR count). The zero-order valence-corrected chi connectivity index (χ0v) is 8.25. The van der Waals surface area contributed by atoms with Gasteiger partial charge in [-0.2, -0.15) is 0 Å². The van der Waals surface area contributed by atoms with Crippen LogP contribution in [0.3, 0.4) is 0 Å². The van der Waals surface area contributed by atoms with Gasteiger partial charge in [0, 0.05) is 11.4 Å². The van der Waals surface area contributed by atoms with Crippen molar-refractivity contribution in [3.05, 3.63) is 16.6 Å². The third-order valence-electron chi connectivity index (χ3n) is 1.61. The van der Waals surface area contributed by atoms with Gasteiger partial charge in [-0.3, -0.25) is 0 Å². The summed E-state index contributed by atoms with van der Waals surface area (Å²) in [5, 5.41) is 18.2. The van der Waals surface area contributed by atoms with E-state index in [-0.39, 0.29) is 43.6 Å². The summed E-state index contributed by atoms with van der Waals surface area (Å²) >= 11 is 0. The van der Waals surface area contributed by atoms with Crippen LogP contribution in [-0.4, -0.2) is 49.4 Å². The fourth-order valence-electron chi connectivity index (χ4n) is 1.07. The zero-order valence-electron chi connectivity index (χ0n) is 6.04. The molecule has 2 heterocycles. The minimum Gasteiger partial charge on any atom is -0.856 e. The smallest absolute Gasteiger partial charge is 0.856 e. The summed E-state index contributed by atoms with van der Waals surface area (Å²) in [6, 6.07) is 0. The molecule has 0 unspecified atom stereocenters. The summed E-state index contributed by atoms with van der Waals surface area (Å²) < 4.78 is 4.73. The predicted molar refractivity (Wildman–Crippen MR) is 37.3 cm³/mol. The summed E-state index contributed by atoms with van der Waals surface area (Å²) in [5.74, 6) is 0.432. The second-order valence-electron chi connectivity index (χ2n) is 2.24. The van der Waals surface area contributed by atoms with Crippen LogP contribution >= 0.6 is 0 Å². The van der Waals surface area contributed by atoms with Crippen LogP contribution in [-0.2, 0) is 13.0 Å². The van der Waals surface area contributed by atoms with Gasteiger partial charge in [0.15, 0.2) is 0 Å². The van der Waals surface area contributed by atoms with Crippen LogP contribution < -0.4 is 5.11 Å². The van der Waals surface area contributed by atoms with E-state index in [0.717, 1.165) is 12.1 Å². The molecule has 0 amide bonds. The molecule has 0 aromatic carbocycles. The van der Waals surface area contributed by atoms with E-state index in [2.05, 4.69) is 10.5 Å². The molecule has 1 aromatic heterocycles. The Morgan fingerprint density at radius 1 is 1.55 bits per heavy atom. The summed E-state index contributed by atoms with van der Waals surface area (Å²) in [6.45, 7) is 1.24. The largest absolute Gasteiger partial charge is 2.00 e. The Kier molecular flexibility index (Phi) is 3.18. The van der Waals surface area contributed by atoms with E-state index >= 15 is 0 Å². The van der Waals surface area contributed by atoms with Crippen LogP contribution in [0.15, 0.2) is 4.52 Å². The molecule has 54 valence electrons. The molecule has 0 saturated heterocycles. The maximum atomic E-state index is 10.8. The molecule has 11 heavy (non-hydrogen) atoms. The van der Waals surface area contributed by atoms with Crippen LogP contribution in [0.5, 0.6) is 5.88 Å². The first-order valence-corrected chi connectivity index (χ1v) is 3.15. The molecule has 0 fully saturated rings. The van der Waals surface area contributed by atoms with Crippen LogP contribution in [0.25, 0.3) is 5.32 Å². The summed E-state index contributed by atoms with van der Waals surface area (Å²) in [4.78, 5) is 0. The van der Waals surface area contributed by atoms with Gasteiger partial charge >= 0.3 is 37.7 Å². The van der Waals surface area contributed by atoms with Gasteiger partial charge in [-0.25, -0.2) is 0 Å². The molecule has 0 bridgehead atoms. The fourth-order valence-corrected chi connectivity index (χ4v) is 1.07. The second kappa shape index (κ2) is 3.76. The Balaban J connectivity index is 0.000000605. The first kappa shape index (κ1) is 9.32. The van der Waals surface area contributed by atoms with Gasteiger partial charge in [-0.1, -0.05) is 11.7 Å². The standard InChI is InChI=1S/C6H7N2O2.Ca/c9-6-4-1-2-7-3-5(4)10-8-6;/h1-3H2,(H,8,9);/q-1;+2/p-1. The first-order valence-electron chi connectivity index (χ1n) is 3.15. The van der Waals surface area contributed by atoms with Gasteiger partial charge in [0.1, 0.15) is 5.76 Å². The predicted octanol–water partition coefficient (Wildman–Crippen LogP) is -0.203. The van der Waals surface area contributed by atoms with E-state index in [0.29, 0.717) is 18.7 Å². The minimum atomic E-state index is -0.218. The van der Waals surface area contributed by atoms with E-state index < -0.39 is 0 Å². The summed E-state index contributed by atoms with van der Waals surface area (Å²) in [7, 11) is 0. The number of hydrogen-bond acceptors (Lipinski definition) is 3. The molecule has 0 spiro atoms. The first-order chi connectivity index (χ1) is 4.88. The van der Waals surface area contributed by atoms with E-state index in [9.17, 15) is 5.11 Å². The molecular formula is C6H6CaN2O2. The number of nitrogens with zero attached hydrogens (tertiary/aromatic N) is 2. The zero-order chi connectivity index (χ0) is 6.97. The van der Waals surface area contributed by atoms with Crippen molar-refractivity contribution < 1.29 is 9.63 Å². The second-order valence-corrected chi connectivity index (χ2v) is 2.24. The van der Waals surface area contributed by atoms with Crippen LogP contribution in [0, 0.1) is 0 Å². The van der Waals surface area contributed by atoms with Crippen molar-refractivity contribution in [1.82, 2.24) is 5.16 Å². The molecule has 4 nitrogen and oxygen atoms in total. The van der Waals surface area contributed by atoms with Crippen molar-refractivity contribution in [2.45, 2.75) is 13.0 Å². The molecular weight excluding hydrogens is 172 g/mol. The van der Waals surface area contributed by atoms with Crippen molar-refractivity contribution in [2.24, 2.45) is 0 Å². The number of aromatic nitrogens is 1. The Morgan fingerprint density at radius 3 is 3.09 bits per heavy atom. The number of fused-ring (bicyclic) bond motifs is 1. The molecule has 0 N–H and O–H groups in total. The van der Waals surface area contributed by atoms with Crippen molar-refractivity contribution in [2.75, 3.05) is 6.54 Å². The normalized spacial score (nSPS) is 15.3. The average Bonchev–Trinajstić information content (AvgIpc) is 2.34. The third-order valence-corrected chi connectivity index (χ3v) is 1.61. The molecule has 0 aliphatic carbocycles. The molecule has 0 saturated carbocycles. The van der Waals surface area contributed by atoms with Crippen molar-refractivity contribution in [3.63, 3.8) is 0 Å². The quantitative estimate of drug-likeness (QED) is 0.517. The summed E-state index contributed by atoms with van der Waals surface area (Å²) in [6.07, 6.45) is 0.692. The number of rotatable bonds is 0. The molecule has 1 aliphatic rings. The van der Waals surface area contributed by atoms with E-state index in [1.807, 2.05) is 0 Å². The minimum absolute atomic E-state index is 0. The molecule has 1 aliphatic heterocycles. The molecule has 1 aromatic rings. The summed E-state index contributed by atoms with van der Waals surface area (Å²) in [5.41, 5.74) is 0.718. The fraction of sp³-hybridized carbons (Fsp3) is 0.500. The Morgan fingerprint density at radius 2 is 2.36 bits per heavy atom. The molecule has 0 radical (unpaired) electrons. The van der Waals surface area contributed by atoms with E-state index in [1.165, 1.54) is 0 Å².